The number of ether oxygens (including phenoxy) is 1. The minimum absolute atomic E-state index is 0.0506. The number of methoxy groups -OCH3 is 1. The molecule has 0 aliphatic carbocycles. The van der Waals surface area contributed by atoms with E-state index in [0.717, 1.165) is 37.3 Å². The summed E-state index contributed by atoms with van der Waals surface area (Å²) in [6, 6.07) is 1.84. The van der Waals surface area contributed by atoms with Crippen LogP contribution >= 0.6 is 11.3 Å². The Morgan fingerprint density at radius 1 is 1.42 bits per heavy atom. The van der Waals surface area contributed by atoms with Gasteiger partial charge in [0, 0.05) is 45.1 Å². The first-order valence-electron chi connectivity index (χ1n) is 8.94. The number of nitrogens with zero attached hydrogens (tertiary/aromatic N) is 3. The minimum atomic E-state index is 0.0506. The van der Waals surface area contributed by atoms with E-state index in [1.165, 1.54) is 11.3 Å². The van der Waals surface area contributed by atoms with Crippen molar-refractivity contribution in [1.29, 1.82) is 0 Å². The van der Waals surface area contributed by atoms with Gasteiger partial charge >= 0.3 is 0 Å². The minimum Gasteiger partial charge on any atom is -0.383 e. The number of likely N-dealkylation sites (tertiary alicyclic amines) is 1. The summed E-state index contributed by atoms with van der Waals surface area (Å²) in [5, 5.41) is 1.91. The third-order valence-corrected chi connectivity index (χ3v) is 5.86. The fraction of sp³-hybridized carbons (Fsp3) is 0.526. The summed E-state index contributed by atoms with van der Waals surface area (Å²) in [7, 11) is 1.69. The summed E-state index contributed by atoms with van der Waals surface area (Å²) in [5.41, 5.74) is 0.925. The number of piperidine rings is 1. The van der Waals surface area contributed by atoms with Gasteiger partial charge in [0.1, 0.15) is 5.82 Å². The van der Waals surface area contributed by atoms with Crippen LogP contribution in [0.15, 0.2) is 23.8 Å². The molecule has 6 nitrogen and oxygen atoms in total. The Kier molecular flexibility index (Phi) is 6.21. The van der Waals surface area contributed by atoms with Gasteiger partial charge in [0.05, 0.1) is 17.9 Å². The summed E-state index contributed by atoms with van der Waals surface area (Å²) >= 11 is 1.41. The standard InChI is InChI=1S/C19H25N3O3S/c1-14(23)17-10-15(13-26-17)11-18(24)22-6-3-4-16(12-22)19-20-5-7-21(19)8-9-25-2/h5,7,10,13,16H,3-4,6,8-9,11-12H2,1-2H3/t16-/m1/s1. The van der Waals surface area contributed by atoms with Crippen LogP contribution in [0.2, 0.25) is 0 Å². The van der Waals surface area contributed by atoms with Gasteiger partial charge < -0.3 is 14.2 Å². The van der Waals surface area contributed by atoms with E-state index in [0.29, 0.717) is 24.4 Å². The number of carbonyl (C=O) groups is 2. The number of imidazole rings is 1. The van der Waals surface area contributed by atoms with Gasteiger partial charge in [-0.25, -0.2) is 4.98 Å². The highest BCUT2D eigenvalue weighted by molar-refractivity contribution is 7.12. The monoisotopic (exact) mass is 375 g/mol. The Hall–Kier alpha value is -1.99. The van der Waals surface area contributed by atoms with Crippen molar-refractivity contribution in [3.05, 3.63) is 40.1 Å². The number of thiophene rings is 1. The first-order chi connectivity index (χ1) is 12.6. The molecule has 0 saturated carbocycles. The van der Waals surface area contributed by atoms with Crippen molar-refractivity contribution in [1.82, 2.24) is 14.5 Å². The van der Waals surface area contributed by atoms with E-state index in [1.54, 1.807) is 14.0 Å². The fourth-order valence-corrected chi connectivity index (χ4v) is 4.23. The summed E-state index contributed by atoms with van der Waals surface area (Å²) in [6.45, 7) is 4.47. The van der Waals surface area contributed by atoms with Crippen molar-refractivity contribution < 1.29 is 14.3 Å². The molecule has 1 aliphatic heterocycles. The largest absolute Gasteiger partial charge is 0.383 e. The molecule has 0 spiro atoms. The van der Waals surface area contributed by atoms with Crippen LogP contribution in [-0.2, 0) is 22.5 Å². The summed E-state index contributed by atoms with van der Waals surface area (Å²) in [6.07, 6.45) is 6.18. The molecule has 3 rings (SSSR count). The molecule has 1 fully saturated rings. The molecule has 1 amide bonds. The van der Waals surface area contributed by atoms with Crippen LogP contribution in [-0.4, -0.2) is 52.9 Å². The zero-order valence-corrected chi connectivity index (χ0v) is 16.1. The van der Waals surface area contributed by atoms with Gasteiger partial charge in [0.2, 0.25) is 5.91 Å². The van der Waals surface area contributed by atoms with Crippen LogP contribution in [0, 0.1) is 0 Å². The number of Topliss-reactive ketones (excluding diaryl/α,β-unsaturated/α-hetero) is 1. The lowest BCUT2D eigenvalue weighted by Crippen LogP contribution is -2.40. The maximum absolute atomic E-state index is 12.7. The molecule has 1 saturated heterocycles. The average Bonchev–Trinajstić information content (AvgIpc) is 3.29. The third-order valence-electron chi connectivity index (χ3n) is 4.78. The Bertz CT molecular complexity index is 768. The molecule has 3 heterocycles. The molecule has 0 N–H and O–H groups in total. The number of aromatic nitrogens is 2. The molecule has 26 heavy (non-hydrogen) atoms. The number of rotatable bonds is 7. The van der Waals surface area contributed by atoms with Crippen LogP contribution in [0.5, 0.6) is 0 Å². The van der Waals surface area contributed by atoms with Crippen molar-refractivity contribution in [2.45, 2.75) is 38.6 Å². The topological polar surface area (TPSA) is 64.4 Å². The smallest absolute Gasteiger partial charge is 0.227 e. The Morgan fingerprint density at radius 2 is 2.27 bits per heavy atom. The van der Waals surface area contributed by atoms with Crippen molar-refractivity contribution >= 4 is 23.0 Å². The fourth-order valence-electron chi connectivity index (χ4n) is 3.41. The quantitative estimate of drug-likeness (QED) is 0.698. The number of ketones is 1. The SMILES string of the molecule is COCCn1ccnc1[C@@H]1CCCN(C(=O)Cc2csc(C(C)=O)c2)C1. The van der Waals surface area contributed by atoms with Gasteiger partial charge in [-0.15, -0.1) is 11.3 Å². The lowest BCUT2D eigenvalue weighted by atomic mass is 9.96. The van der Waals surface area contributed by atoms with Crippen molar-refractivity contribution in [3.63, 3.8) is 0 Å². The van der Waals surface area contributed by atoms with Crippen LogP contribution < -0.4 is 0 Å². The third kappa shape index (κ3) is 4.40. The summed E-state index contributed by atoms with van der Waals surface area (Å²) in [5.74, 6) is 1.47. The first kappa shape index (κ1) is 18.8. The van der Waals surface area contributed by atoms with Gasteiger partial charge in [-0.2, -0.15) is 0 Å². The number of hydrogen-bond acceptors (Lipinski definition) is 5. The molecule has 1 aliphatic rings. The second-order valence-electron chi connectivity index (χ2n) is 6.70. The molecule has 0 radical (unpaired) electrons. The molecule has 2 aromatic rings. The maximum atomic E-state index is 12.7. The van der Waals surface area contributed by atoms with E-state index >= 15 is 0 Å². The highest BCUT2D eigenvalue weighted by Gasteiger charge is 2.27. The Balaban J connectivity index is 1.63. The molecule has 2 aromatic heterocycles. The van der Waals surface area contributed by atoms with E-state index in [-0.39, 0.29) is 17.6 Å². The number of amides is 1. The number of carbonyl (C=O) groups excluding carboxylic acids is 2. The summed E-state index contributed by atoms with van der Waals surface area (Å²) in [4.78, 5) is 31.3. The predicted molar refractivity (Wildman–Crippen MR) is 101 cm³/mol. The van der Waals surface area contributed by atoms with E-state index < -0.39 is 0 Å². The molecule has 140 valence electrons. The molecule has 1 atom stereocenters. The predicted octanol–water partition coefficient (Wildman–Crippen LogP) is 2.74. The molecule has 7 heteroatoms. The summed E-state index contributed by atoms with van der Waals surface area (Å²) < 4.78 is 7.29. The zero-order valence-electron chi connectivity index (χ0n) is 15.3. The van der Waals surface area contributed by atoms with Crippen molar-refractivity contribution in [2.75, 3.05) is 26.8 Å². The van der Waals surface area contributed by atoms with Crippen LogP contribution in [0.25, 0.3) is 0 Å². The van der Waals surface area contributed by atoms with Gasteiger partial charge in [0.15, 0.2) is 5.78 Å². The molecule has 0 unspecified atom stereocenters. The van der Waals surface area contributed by atoms with Crippen molar-refractivity contribution in [3.8, 4) is 0 Å². The maximum Gasteiger partial charge on any atom is 0.227 e. The van der Waals surface area contributed by atoms with Crippen LogP contribution in [0.3, 0.4) is 0 Å². The molecule has 0 aromatic carbocycles. The first-order valence-corrected chi connectivity index (χ1v) is 9.82. The van der Waals surface area contributed by atoms with Crippen LogP contribution in [0.4, 0.5) is 0 Å². The Morgan fingerprint density at radius 3 is 3.00 bits per heavy atom. The Labute approximate surface area is 157 Å². The number of hydrogen-bond donors (Lipinski definition) is 0. The van der Waals surface area contributed by atoms with Gasteiger partial charge in [-0.05, 0) is 36.8 Å². The molecular weight excluding hydrogens is 350 g/mol. The van der Waals surface area contributed by atoms with E-state index in [1.807, 2.05) is 28.7 Å². The van der Waals surface area contributed by atoms with Gasteiger partial charge in [-0.3, -0.25) is 9.59 Å². The van der Waals surface area contributed by atoms with Crippen molar-refractivity contribution in [2.24, 2.45) is 0 Å². The highest BCUT2D eigenvalue weighted by Crippen LogP contribution is 2.26. The average molecular weight is 375 g/mol. The van der Waals surface area contributed by atoms with E-state index in [9.17, 15) is 9.59 Å². The van der Waals surface area contributed by atoms with Gasteiger partial charge in [0.25, 0.3) is 0 Å². The molecule has 0 bridgehead atoms. The highest BCUT2D eigenvalue weighted by atomic mass is 32.1. The van der Waals surface area contributed by atoms with E-state index in [4.69, 9.17) is 4.74 Å². The second-order valence-corrected chi connectivity index (χ2v) is 7.61. The zero-order chi connectivity index (χ0) is 18.5. The molecular formula is C19H25N3O3S. The second kappa shape index (κ2) is 8.60. The lowest BCUT2D eigenvalue weighted by Gasteiger charge is -2.32. The van der Waals surface area contributed by atoms with Gasteiger partial charge in [-0.1, -0.05) is 0 Å². The normalized spacial score (nSPS) is 17.5. The van der Waals surface area contributed by atoms with E-state index in [2.05, 4.69) is 9.55 Å². The lowest BCUT2D eigenvalue weighted by molar-refractivity contribution is -0.131. The van der Waals surface area contributed by atoms with Crippen LogP contribution in [0.1, 0.15) is 46.7 Å².